The van der Waals surface area contributed by atoms with E-state index in [9.17, 15) is 4.79 Å². The van der Waals surface area contributed by atoms with E-state index in [4.69, 9.17) is 0 Å². The third kappa shape index (κ3) is 2.46. The van der Waals surface area contributed by atoms with Gasteiger partial charge in [0.1, 0.15) is 0 Å². The molecule has 16 heavy (non-hydrogen) atoms. The smallest absolute Gasteiger partial charge is 0.220 e. The first-order valence-electron chi connectivity index (χ1n) is 6.07. The van der Waals surface area contributed by atoms with Gasteiger partial charge in [-0.1, -0.05) is 6.92 Å². The van der Waals surface area contributed by atoms with Crippen molar-refractivity contribution >= 4 is 5.91 Å². The van der Waals surface area contributed by atoms with Crippen molar-refractivity contribution in [3.63, 3.8) is 0 Å². The number of rotatable bonds is 4. The molecule has 1 aliphatic heterocycles. The molecular weight excluding hydrogens is 200 g/mol. The van der Waals surface area contributed by atoms with Crippen LogP contribution in [0.4, 0.5) is 0 Å². The van der Waals surface area contributed by atoms with Gasteiger partial charge in [0.2, 0.25) is 5.91 Å². The summed E-state index contributed by atoms with van der Waals surface area (Å²) in [5.74, 6) is 0.190. The summed E-state index contributed by atoms with van der Waals surface area (Å²) < 4.78 is 2.22. The molecule has 1 saturated heterocycles. The summed E-state index contributed by atoms with van der Waals surface area (Å²) >= 11 is 0. The van der Waals surface area contributed by atoms with Crippen molar-refractivity contribution in [2.24, 2.45) is 0 Å². The van der Waals surface area contributed by atoms with E-state index < -0.39 is 0 Å². The first kappa shape index (κ1) is 11.2. The summed E-state index contributed by atoms with van der Waals surface area (Å²) in [5.41, 5.74) is 1.29. The zero-order chi connectivity index (χ0) is 11.6. The molecule has 0 aliphatic carbocycles. The second-order valence-corrected chi connectivity index (χ2v) is 5.04. The molecule has 0 radical (unpaired) electrons. The molecule has 2 heterocycles. The Hall–Kier alpha value is -1.25. The third-order valence-electron chi connectivity index (χ3n) is 3.23. The van der Waals surface area contributed by atoms with E-state index in [1.54, 1.807) is 0 Å². The van der Waals surface area contributed by atoms with Crippen molar-refractivity contribution in [1.82, 2.24) is 9.88 Å². The molecule has 1 aromatic rings. The molecule has 1 unspecified atom stereocenters. The second kappa shape index (κ2) is 4.32. The van der Waals surface area contributed by atoms with E-state index in [2.05, 4.69) is 42.2 Å². The SMILES string of the molecule is CCCn1ccc(CC2(C)CCC(=O)N2)c1. The van der Waals surface area contributed by atoms with Gasteiger partial charge in [0.15, 0.2) is 0 Å². The van der Waals surface area contributed by atoms with Crippen molar-refractivity contribution in [2.75, 3.05) is 0 Å². The molecule has 0 spiro atoms. The number of nitrogens with one attached hydrogen (secondary N) is 1. The maximum atomic E-state index is 11.2. The second-order valence-electron chi connectivity index (χ2n) is 5.04. The first-order chi connectivity index (χ1) is 7.61. The largest absolute Gasteiger partial charge is 0.354 e. The maximum absolute atomic E-state index is 11.2. The summed E-state index contributed by atoms with van der Waals surface area (Å²) in [5, 5.41) is 3.07. The topological polar surface area (TPSA) is 34.0 Å². The number of aryl methyl sites for hydroxylation is 1. The van der Waals surface area contributed by atoms with Gasteiger partial charge in [0.25, 0.3) is 0 Å². The number of hydrogen-bond donors (Lipinski definition) is 1. The lowest BCUT2D eigenvalue weighted by molar-refractivity contribution is -0.119. The Morgan fingerprint density at radius 3 is 3.00 bits per heavy atom. The maximum Gasteiger partial charge on any atom is 0.220 e. The lowest BCUT2D eigenvalue weighted by Gasteiger charge is -2.23. The fourth-order valence-electron chi connectivity index (χ4n) is 2.43. The number of aromatic nitrogens is 1. The van der Waals surface area contributed by atoms with Crippen molar-refractivity contribution in [1.29, 1.82) is 0 Å². The average molecular weight is 220 g/mol. The Morgan fingerprint density at radius 2 is 2.38 bits per heavy atom. The molecule has 1 fully saturated rings. The molecule has 1 aromatic heterocycles. The van der Waals surface area contributed by atoms with E-state index in [1.807, 2.05) is 0 Å². The quantitative estimate of drug-likeness (QED) is 0.828. The molecule has 0 aromatic carbocycles. The van der Waals surface area contributed by atoms with Crippen molar-refractivity contribution in [3.8, 4) is 0 Å². The standard InChI is InChI=1S/C13H20N2O/c1-3-7-15-8-5-11(10-15)9-13(2)6-4-12(16)14-13/h5,8,10H,3-4,6-7,9H2,1-2H3,(H,14,16). The Labute approximate surface area is 96.8 Å². The molecule has 1 amide bonds. The van der Waals surface area contributed by atoms with Crippen molar-refractivity contribution in [2.45, 2.75) is 51.6 Å². The van der Waals surface area contributed by atoms with Gasteiger partial charge in [0.05, 0.1) is 0 Å². The number of amides is 1. The van der Waals surface area contributed by atoms with Crippen LogP contribution in [0.3, 0.4) is 0 Å². The summed E-state index contributed by atoms with van der Waals surface area (Å²) in [6.45, 7) is 5.39. The van der Waals surface area contributed by atoms with Crippen LogP contribution in [0.25, 0.3) is 0 Å². The van der Waals surface area contributed by atoms with Crippen LogP contribution in [0.1, 0.15) is 38.7 Å². The Balaban J connectivity index is 2.00. The molecule has 88 valence electrons. The highest BCUT2D eigenvalue weighted by Crippen LogP contribution is 2.24. The number of carbonyl (C=O) groups is 1. The zero-order valence-electron chi connectivity index (χ0n) is 10.1. The van der Waals surface area contributed by atoms with Crippen LogP contribution in [0.5, 0.6) is 0 Å². The van der Waals surface area contributed by atoms with E-state index in [0.29, 0.717) is 6.42 Å². The van der Waals surface area contributed by atoms with Gasteiger partial charge >= 0.3 is 0 Å². The van der Waals surface area contributed by atoms with Gasteiger partial charge in [0, 0.05) is 30.9 Å². The predicted molar refractivity (Wildman–Crippen MR) is 64.2 cm³/mol. The van der Waals surface area contributed by atoms with Crippen LogP contribution >= 0.6 is 0 Å². The van der Waals surface area contributed by atoms with Crippen molar-refractivity contribution in [3.05, 3.63) is 24.0 Å². The molecule has 0 saturated carbocycles. The van der Waals surface area contributed by atoms with E-state index >= 15 is 0 Å². The molecule has 1 aliphatic rings. The van der Waals surface area contributed by atoms with E-state index in [1.165, 1.54) is 5.56 Å². The van der Waals surface area contributed by atoms with E-state index in [0.717, 1.165) is 25.8 Å². The molecule has 1 N–H and O–H groups in total. The van der Waals surface area contributed by atoms with Gasteiger partial charge in [-0.2, -0.15) is 0 Å². The van der Waals surface area contributed by atoms with Crippen LogP contribution in [-0.2, 0) is 17.8 Å². The Bertz CT molecular complexity index is 383. The number of carbonyl (C=O) groups excluding carboxylic acids is 1. The average Bonchev–Trinajstić information content (AvgIpc) is 2.75. The van der Waals surface area contributed by atoms with Gasteiger partial charge in [-0.05, 0) is 37.8 Å². The number of hydrogen-bond acceptors (Lipinski definition) is 1. The molecule has 0 bridgehead atoms. The summed E-state index contributed by atoms with van der Waals surface area (Å²) in [4.78, 5) is 11.2. The molecular formula is C13H20N2O. The lowest BCUT2D eigenvalue weighted by atomic mass is 9.93. The zero-order valence-corrected chi connectivity index (χ0v) is 10.1. The minimum Gasteiger partial charge on any atom is -0.354 e. The molecule has 3 heteroatoms. The van der Waals surface area contributed by atoms with Crippen LogP contribution in [0, 0.1) is 0 Å². The summed E-state index contributed by atoms with van der Waals surface area (Å²) in [7, 11) is 0. The minimum absolute atomic E-state index is 0.0323. The Kier molecular flexibility index (Phi) is 3.03. The van der Waals surface area contributed by atoms with Gasteiger partial charge in [-0.25, -0.2) is 0 Å². The minimum atomic E-state index is -0.0323. The lowest BCUT2D eigenvalue weighted by Crippen LogP contribution is -2.40. The number of nitrogens with zero attached hydrogens (tertiary/aromatic N) is 1. The van der Waals surface area contributed by atoms with Gasteiger partial charge < -0.3 is 9.88 Å². The highest BCUT2D eigenvalue weighted by atomic mass is 16.2. The van der Waals surface area contributed by atoms with Gasteiger partial charge in [-0.15, -0.1) is 0 Å². The molecule has 1 atom stereocenters. The van der Waals surface area contributed by atoms with Crippen LogP contribution < -0.4 is 5.32 Å². The summed E-state index contributed by atoms with van der Waals surface area (Å²) in [6.07, 6.45) is 8.03. The fourth-order valence-corrected chi connectivity index (χ4v) is 2.43. The Morgan fingerprint density at radius 1 is 1.56 bits per heavy atom. The van der Waals surface area contributed by atoms with E-state index in [-0.39, 0.29) is 11.4 Å². The van der Waals surface area contributed by atoms with Crippen LogP contribution in [-0.4, -0.2) is 16.0 Å². The molecule has 3 nitrogen and oxygen atoms in total. The van der Waals surface area contributed by atoms with Gasteiger partial charge in [-0.3, -0.25) is 4.79 Å². The predicted octanol–water partition coefficient (Wildman–Crippen LogP) is 2.11. The third-order valence-corrected chi connectivity index (χ3v) is 3.23. The first-order valence-corrected chi connectivity index (χ1v) is 6.07. The monoisotopic (exact) mass is 220 g/mol. The highest BCUT2D eigenvalue weighted by Gasteiger charge is 2.32. The van der Waals surface area contributed by atoms with Crippen molar-refractivity contribution < 1.29 is 4.79 Å². The normalized spacial score (nSPS) is 24.8. The highest BCUT2D eigenvalue weighted by molar-refractivity contribution is 5.79. The fraction of sp³-hybridized carbons (Fsp3) is 0.615. The van der Waals surface area contributed by atoms with Crippen LogP contribution in [0.2, 0.25) is 0 Å². The molecule has 2 rings (SSSR count). The summed E-state index contributed by atoms with van der Waals surface area (Å²) in [6, 6.07) is 2.16. The van der Waals surface area contributed by atoms with Crippen LogP contribution in [0.15, 0.2) is 18.5 Å².